The topological polar surface area (TPSA) is 96.1 Å². The molecule has 3 aromatic heterocycles. The summed E-state index contributed by atoms with van der Waals surface area (Å²) < 4.78 is 5.59. The van der Waals surface area contributed by atoms with Crippen molar-refractivity contribution < 1.29 is 14.3 Å². The summed E-state index contributed by atoms with van der Waals surface area (Å²) in [4.78, 5) is 34.9. The molecule has 0 bridgehead atoms. The molecule has 7 nitrogen and oxygen atoms in total. The van der Waals surface area contributed by atoms with Gasteiger partial charge in [-0.2, -0.15) is 0 Å². The fourth-order valence-electron chi connectivity index (χ4n) is 5.51. The van der Waals surface area contributed by atoms with Crippen molar-refractivity contribution in [1.82, 2.24) is 20.6 Å². The fourth-order valence-corrected chi connectivity index (χ4v) is 6.28. The van der Waals surface area contributed by atoms with Gasteiger partial charge in [0.2, 0.25) is 5.91 Å². The Morgan fingerprint density at radius 1 is 1.11 bits per heavy atom. The minimum atomic E-state index is -1.24. The van der Waals surface area contributed by atoms with Crippen molar-refractivity contribution in [3.05, 3.63) is 83.1 Å². The SMILES string of the molecule is Cc1ccsc1OC(=O)N[C@@](C)(Cc1c[nH]c2ccccc12)C(=O)NCC1(c2ccccn2)CCCCC1. The van der Waals surface area contributed by atoms with Crippen molar-refractivity contribution in [3.8, 4) is 5.06 Å². The lowest BCUT2D eigenvalue weighted by Crippen LogP contribution is -2.60. The molecule has 1 aliphatic carbocycles. The average Bonchev–Trinajstić information content (AvgIpc) is 3.53. The minimum Gasteiger partial charge on any atom is -0.399 e. The zero-order valence-corrected chi connectivity index (χ0v) is 22.7. The number of para-hydroxylation sites is 1. The number of hydrogen-bond donors (Lipinski definition) is 3. The van der Waals surface area contributed by atoms with E-state index in [9.17, 15) is 9.59 Å². The molecule has 1 aromatic carbocycles. The lowest BCUT2D eigenvalue weighted by Gasteiger charge is -2.38. The summed E-state index contributed by atoms with van der Waals surface area (Å²) in [5.74, 6) is -0.247. The van der Waals surface area contributed by atoms with Gasteiger partial charge in [0.25, 0.3) is 0 Å². The molecule has 38 heavy (non-hydrogen) atoms. The molecule has 0 saturated heterocycles. The number of aromatic nitrogens is 2. The van der Waals surface area contributed by atoms with Crippen LogP contribution in [0.5, 0.6) is 5.06 Å². The van der Waals surface area contributed by atoms with E-state index in [1.807, 2.05) is 67.2 Å². The van der Waals surface area contributed by atoms with Gasteiger partial charge in [-0.1, -0.05) is 43.5 Å². The number of hydrogen-bond acceptors (Lipinski definition) is 5. The zero-order valence-electron chi connectivity index (χ0n) is 21.9. The van der Waals surface area contributed by atoms with Gasteiger partial charge < -0.3 is 20.4 Å². The van der Waals surface area contributed by atoms with Crippen molar-refractivity contribution in [2.75, 3.05) is 6.54 Å². The summed E-state index contributed by atoms with van der Waals surface area (Å²) in [6, 6.07) is 15.8. The number of pyridine rings is 1. The third-order valence-corrected chi connectivity index (χ3v) is 8.60. The van der Waals surface area contributed by atoms with Crippen LogP contribution in [0.15, 0.2) is 66.3 Å². The third kappa shape index (κ3) is 5.45. The van der Waals surface area contributed by atoms with E-state index >= 15 is 0 Å². The monoisotopic (exact) mass is 530 g/mol. The number of rotatable bonds is 8. The Kier molecular flexibility index (Phi) is 7.51. The summed E-state index contributed by atoms with van der Waals surface area (Å²) in [7, 11) is 0. The quantitative estimate of drug-likeness (QED) is 0.259. The number of carbonyl (C=O) groups is 2. The second-order valence-electron chi connectivity index (χ2n) is 10.5. The largest absolute Gasteiger partial charge is 0.414 e. The molecule has 0 spiro atoms. The van der Waals surface area contributed by atoms with Crippen molar-refractivity contribution >= 4 is 34.2 Å². The molecular weight excluding hydrogens is 496 g/mol. The van der Waals surface area contributed by atoms with Crippen LogP contribution in [0, 0.1) is 6.92 Å². The third-order valence-electron chi connectivity index (χ3n) is 7.70. The first-order valence-electron chi connectivity index (χ1n) is 13.2. The number of H-pyrrole nitrogens is 1. The van der Waals surface area contributed by atoms with Gasteiger partial charge in [0.1, 0.15) is 5.54 Å². The highest BCUT2D eigenvalue weighted by atomic mass is 32.1. The Hall–Kier alpha value is -3.65. The number of aryl methyl sites for hydroxylation is 1. The highest BCUT2D eigenvalue weighted by Crippen LogP contribution is 2.38. The smallest absolute Gasteiger partial charge is 0.399 e. The second-order valence-corrected chi connectivity index (χ2v) is 11.4. The van der Waals surface area contributed by atoms with Gasteiger partial charge in [-0.05, 0) is 61.9 Å². The number of aromatic amines is 1. The van der Waals surface area contributed by atoms with Gasteiger partial charge in [0.05, 0.1) is 0 Å². The van der Waals surface area contributed by atoms with E-state index in [0.29, 0.717) is 18.0 Å². The van der Waals surface area contributed by atoms with Gasteiger partial charge in [0, 0.05) is 52.9 Å². The number of amides is 2. The van der Waals surface area contributed by atoms with E-state index in [-0.39, 0.29) is 11.3 Å². The Morgan fingerprint density at radius 2 is 1.89 bits per heavy atom. The van der Waals surface area contributed by atoms with Crippen molar-refractivity contribution in [3.63, 3.8) is 0 Å². The van der Waals surface area contributed by atoms with Crippen molar-refractivity contribution in [1.29, 1.82) is 0 Å². The Labute approximate surface area is 227 Å². The number of thiophene rings is 1. The van der Waals surface area contributed by atoms with E-state index in [1.54, 1.807) is 6.92 Å². The van der Waals surface area contributed by atoms with E-state index in [4.69, 9.17) is 4.74 Å². The first-order valence-corrected chi connectivity index (χ1v) is 14.1. The predicted octanol–water partition coefficient (Wildman–Crippen LogP) is 6.04. The molecule has 1 atom stereocenters. The summed E-state index contributed by atoms with van der Waals surface area (Å²) in [5, 5.41) is 9.53. The van der Waals surface area contributed by atoms with Gasteiger partial charge in [-0.15, -0.1) is 11.3 Å². The Bertz CT molecular complexity index is 1410. The molecular formula is C30H34N4O3S. The van der Waals surface area contributed by atoms with E-state index < -0.39 is 11.6 Å². The van der Waals surface area contributed by atoms with Crippen LogP contribution in [0.3, 0.4) is 0 Å². The van der Waals surface area contributed by atoms with Crippen LogP contribution in [-0.2, 0) is 16.6 Å². The van der Waals surface area contributed by atoms with Crippen LogP contribution in [0.4, 0.5) is 4.79 Å². The number of nitrogens with one attached hydrogen (secondary N) is 3. The molecule has 8 heteroatoms. The second kappa shape index (κ2) is 11.0. The maximum Gasteiger partial charge on any atom is 0.414 e. The van der Waals surface area contributed by atoms with Gasteiger partial charge in [-0.3, -0.25) is 9.78 Å². The number of ether oxygens (including phenoxy) is 1. The summed E-state index contributed by atoms with van der Waals surface area (Å²) in [6.07, 6.45) is 8.71. The first kappa shape index (κ1) is 26.0. The molecule has 0 radical (unpaired) electrons. The Morgan fingerprint density at radius 3 is 2.63 bits per heavy atom. The zero-order chi connectivity index (χ0) is 26.6. The predicted molar refractivity (Wildman–Crippen MR) is 151 cm³/mol. The number of benzene rings is 1. The van der Waals surface area contributed by atoms with E-state index in [0.717, 1.165) is 53.4 Å². The number of fused-ring (bicyclic) bond motifs is 1. The Balaban J connectivity index is 1.40. The molecule has 1 saturated carbocycles. The normalized spacial score (nSPS) is 16.5. The van der Waals surface area contributed by atoms with Crippen molar-refractivity contribution in [2.24, 2.45) is 0 Å². The average molecular weight is 531 g/mol. The molecule has 1 aliphatic rings. The standard InChI is InChI=1S/C30H34N4O3S/c1-21-13-17-38-26(21)37-28(36)34-29(2,18-22-19-32-24-11-5-4-10-23(22)24)27(35)33-20-30(14-7-3-8-15-30)25-12-6-9-16-31-25/h4-6,9-13,16-17,19,32H,3,7-8,14-15,18,20H2,1-2H3,(H,33,35)(H,34,36)/t29-/m0/s1. The minimum absolute atomic E-state index is 0.217. The first-order chi connectivity index (χ1) is 18.4. The maximum absolute atomic E-state index is 13.9. The summed E-state index contributed by atoms with van der Waals surface area (Å²) in [5.41, 5.74) is 2.36. The molecule has 5 rings (SSSR count). The summed E-state index contributed by atoms with van der Waals surface area (Å²) >= 11 is 1.35. The van der Waals surface area contributed by atoms with Crippen molar-refractivity contribution in [2.45, 2.75) is 63.3 Å². The highest BCUT2D eigenvalue weighted by Gasteiger charge is 2.40. The molecule has 198 valence electrons. The fraction of sp³-hybridized carbons (Fsp3) is 0.367. The summed E-state index contributed by atoms with van der Waals surface area (Å²) in [6.45, 7) is 4.12. The lowest BCUT2D eigenvalue weighted by atomic mass is 9.71. The molecule has 2 amide bonds. The molecule has 0 unspecified atom stereocenters. The van der Waals surface area contributed by atoms with E-state index in [1.165, 1.54) is 17.8 Å². The van der Waals surface area contributed by atoms with Gasteiger partial charge in [-0.25, -0.2) is 4.79 Å². The van der Waals surface area contributed by atoms with Gasteiger partial charge in [0.15, 0.2) is 5.06 Å². The molecule has 1 fully saturated rings. The van der Waals surface area contributed by atoms with E-state index in [2.05, 4.69) is 26.7 Å². The number of carbonyl (C=O) groups excluding carboxylic acids is 2. The van der Waals surface area contributed by atoms with Crippen LogP contribution in [-0.4, -0.2) is 34.1 Å². The molecule has 3 N–H and O–H groups in total. The molecule has 4 aromatic rings. The number of nitrogens with zero attached hydrogens (tertiary/aromatic N) is 1. The van der Waals surface area contributed by atoms with Crippen LogP contribution in [0.25, 0.3) is 10.9 Å². The van der Waals surface area contributed by atoms with Gasteiger partial charge >= 0.3 is 6.09 Å². The van der Waals surface area contributed by atoms with Crippen LogP contribution in [0.2, 0.25) is 0 Å². The highest BCUT2D eigenvalue weighted by molar-refractivity contribution is 7.12. The lowest BCUT2D eigenvalue weighted by molar-refractivity contribution is -0.127. The van der Waals surface area contributed by atoms with Crippen LogP contribution in [0.1, 0.15) is 55.8 Å². The van der Waals surface area contributed by atoms with Crippen LogP contribution < -0.4 is 15.4 Å². The molecule has 0 aliphatic heterocycles. The van der Waals surface area contributed by atoms with Crippen LogP contribution >= 0.6 is 11.3 Å². The molecule has 3 heterocycles. The maximum atomic E-state index is 13.9.